The third-order valence-electron chi connectivity index (χ3n) is 3.92. The molecule has 0 amide bonds. The van der Waals surface area contributed by atoms with Crippen molar-refractivity contribution in [1.29, 1.82) is 0 Å². The molecule has 0 bridgehead atoms. The average molecular weight is 349 g/mol. The van der Waals surface area contributed by atoms with Crippen molar-refractivity contribution in [2.75, 3.05) is 6.54 Å². The standard InChI is InChI=1S/C15H13F6N3/c16-14(17,18)9-4-8(5-10(6-9)15(19,20)21)12-7-13(24-23-12)11-2-1-3-22-11/h4-7,11,22H,1-3H2,(H,23,24)/t11-/m0/s1. The second kappa shape index (κ2) is 5.80. The summed E-state index contributed by atoms with van der Waals surface area (Å²) in [6.07, 6.45) is -7.97. The van der Waals surface area contributed by atoms with Crippen molar-refractivity contribution in [3.8, 4) is 11.3 Å². The maximum Gasteiger partial charge on any atom is 0.416 e. The summed E-state index contributed by atoms with van der Waals surface area (Å²) in [6, 6.07) is 2.93. The lowest BCUT2D eigenvalue weighted by atomic mass is 10.0. The number of hydrogen-bond donors (Lipinski definition) is 2. The first-order valence-electron chi connectivity index (χ1n) is 7.23. The van der Waals surface area contributed by atoms with E-state index in [2.05, 4.69) is 15.5 Å². The number of alkyl halides is 6. The molecule has 1 fully saturated rings. The van der Waals surface area contributed by atoms with Crippen molar-refractivity contribution >= 4 is 0 Å². The van der Waals surface area contributed by atoms with Crippen LogP contribution < -0.4 is 5.32 Å². The highest BCUT2D eigenvalue weighted by Crippen LogP contribution is 2.38. The van der Waals surface area contributed by atoms with Crippen LogP contribution in [0, 0.1) is 0 Å². The van der Waals surface area contributed by atoms with Gasteiger partial charge in [-0.1, -0.05) is 0 Å². The Kier molecular flexibility index (Phi) is 4.06. The van der Waals surface area contributed by atoms with Crippen LogP contribution in [0.2, 0.25) is 0 Å². The van der Waals surface area contributed by atoms with Gasteiger partial charge in [0.05, 0.1) is 22.5 Å². The summed E-state index contributed by atoms with van der Waals surface area (Å²) in [4.78, 5) is 0. The fourth-order valence-corrected chi connectivity index (χ4v) is 2.72. The van der Waals surface area contributed by atoms with Gasteiger partial charge in [0.15, 0.2) is 0 Å². The predicted molar refractivity (Wildman–Crippen MR) is 74.0 cm³/mol. The number of H-pyrrole nitrogens is 1. The van der Waals surface area contributed by atoms with Gasteiger partial charge in [0.2, 0.25) is 0 Å². The maximum absolute atomic E-state index is 12.9. The van der Waals surface area contributed by atoms with Crippen LogP contribution in [0.25, 0.3) is 11.3 Å². The molecule has 9 heteroatoms. The number of nitrogens with one attached hydrogen (secondary N) is 2. The summed E-state index contributed by atoms with van der Waals surface area (Å²) in [5.41, 5.74) is -2.23. The Morgan fingerprint density at radius 2 is 1.54 bits per heavy atom. The highest BCUT2D eigenvalue weighted by Gasteiger charge is 2.37. The Morgan fingerprint density at radius 3 is 2.04 bits per heavy atom. The summed E-state index contributed by atoms with van der Waals surface area (Å²) >= 11 is 0. The maximum atomic E-state index is 12.9. The number of benzene rings is 1. The van der Waals surface area contributed by atoms with E-state index in [4.69, 9.17) is 0 Å². The van der Waals surface area contributed by atoms with Crippen molar-refractivity contribution in [3.05, 3.63) is 41.1 Å². The third kappa shape index (κ3) is 3.40. The molecule has 0 unspecified atom stereocenters. The summed E-state index contributed by atoms with van der Waals surface area (Å²) in [5, 5.41) is 9.74. The minimum absolute atomic E-state index is 0.0147. The molecule has 1 atom stereocenters. The molecule has 1 aromatic carbocycles. The minimum atomic E-state index is -4.87. The molecule has 2 heterocycles. The molecule has 2 aromatic rings. The zero-order chi connectivity index (χ0) is 17.5. The van der Waals surface area contributed by atoms with Gasteiger partial charge >= 0.3 is 12.4 Å². The molecule has 1 saturated heterocycles. The average Bonchev–Trinajstić information content (AvgIpc) is 3.16. The van der Waals surface area contributed by atoms with E-state index in [1.54, 1.807) is 0 Å². The van der Waals surface area contributed by atoms with Crippen molar-refractivity contribution in [2.24, 2.45) is 0 Å². The smallest absolute Gasteiger partial charge is 0.309 e. The number of aromatic amines is 1. The summed E-state index contributed by atoms with van der Waals surface area (Å²) < 4.78 is 77.4. The van der Waals surface area contributed by atoms with Crippen LogP contribution in [0.1, 0.15) is 35.7 Å². The number of rotatable bonds is 2. The first-order chi connectivity index (χ1) is 11.1. The minimum Gasteiger partial charge on any atom is -0.309 e. The second-order valence-corrected chi connectivity index (χ2v) is 5.65. The molecule has 130 valence electrons. The summed E-state index contributed by atoms with van der Waals surface area (Å²) in [7, 11) is 0. The molecule has 24 heavy (non-hydrogen) atoms. The Labute approximate surface area is 133 Å². The van der Waals surface area contributed by atoms with Gasteiger partial charge in [-0.2, -0.15) is 31.4 Å². The molecule has 1 aromatic heterocycles. The Hall–Kier alpha value is -2.03. The Morgan fingerprint density at radius 1 is 0.917 bits per heavy atom. The third-order valence-corrected chi connectivity index (χ3v) is 3.92. The molecule has 0 aliphatic carbocycles. The first-order valence-corrected chi connectivity index (χ1v) is 7.23. The second-order valence-electron chi connectivity index (χ2n) is 5.65. The highest BCUT2D eigenvalue weighted by molar-refractivity contribution is 5.62. The number of halogens is 6. The van der Waals surface area contributed by atoms with Crippen LogP contribution in [0.15, 0.2) is 24.3 Å². The molecule has 3 rings (SSSR count). The lowest BCUT2D eigenvalue weighted by Gasteiger charge is -2.13. The molecule has 0 spiro atoms. The topological polar surface area (TPSA) is 40.7 Å². The fraction of sp³-hybridized carbons (Fsp3) is 0.400. The number of aromatic nitrogens is 2. The van der Waals surface area contributed by atoms with Crippen LogP contribution in [0.3, 0.4) is 0 Å². The monoisotopic (exact) mass is 349 g/mol. The first kappa shape index (κ1) is 16.8. The van der Waals surface area contributed by atoms with Crippen LogP contribution >= 0.6 is 0 Å². The van der Waals surface area contributed by atoms with Crippen molar-refractivity contribution in [2.45, 2.75) is 31.2 Å². The molecule has 3 nitrogen and oxygen atoms in total. The van der Waals surface area contributed by atoms with Gasteiger partial charge in [-0.25, -0.2) is 0 Å². The van der Waals surface area contributed by atoms with E-state index >= 15 is 0 Å². The van der Waals surface area contributed by atoms with E-state index in [-0.39, 0.29) is 23.4 Å². The zero-order valence-electron chi connectivity index (χ0n) is 12.2. The lowest BCUT2D eigenvalue weighted by Crippen LogP contribution is -2.12. The van der Waals surface area contributed by atoms with E-state index in [1.165, 1.54) is 6.07 Å². The SMILES string of the molecule is FC(F)(F)c1cc(-c2cc([C@@H]3CCCN3)[nH]n2)cc(C(F)(F)F)c1. The Bertz CT molecular complexity index is 693. The normalized spacial score (nSPS) is 19.0. The Balaban J connectivity index is 2.03. The number of hydrogen-bond acceptors (Lipinski definition) is 2. The fourth-order valence-electron chi connectivity index (χ4n) is 2.72. The quantitative estimate of drug-likeness (QED) is 0.782. The molecule has 0 radical (unpaired) electrons. The molecular weight excluding hydrogens is 336 g/mol. The van der Waals surface area contributed by atoms with E-state index in [0.717, 1.165) is 19.4 Å². The molecule has 1 aliphatic rings. The summed E-state index contributed by atoms with van der Waals surface area (Å²) in [5.74, 6) is 0. The predicted octanol–water partition coefficient (Wildman–Crippen LogP) is 4.54. The highest BCUT2D eigenvalue weighted by atomic mass is 19.4. The van der Waals surface area contributed by atoms with Crippen molar-refractivity contribution in [3.63, 3.8) is 0 Å². The van der Waals surface area contributed by atoms with Gasteiger partial charge < -0.3 is 5.32 Å². The number of nitrogens with zero attached hydrogens (tertiary/aromatic N) is 1. The van der Waals surface area contributed by atoms with Crippen molar-refractivity contribution in [1.82, 2.24) is 15.5 Å². The van der Waals surface area contributed by atoms with Gasteiger partial charge in [0.1, 0.15) is 0 Å². The van der Waals surface area contributed by atoms with Crippen molar-refractivity contribution < 1.29 is 26.3 Å². The van der Waals surface area contributed by atoms with Gasteiger partial charge in [0.25, 0.3) is 0 Å². The largest absolute Gasteiger partial charge is 0.416 e. The van der Waals surface area contributed by atoms with Crippen LogP contribution in [0.5, 0.6) is 0 Å². The molecule has 0 saturated carbocycles. The summed E-state index contributed by atoms with van der Waals surface area (Å²) in [6.45, 7) is 0.806. The van der Waals surface area contributed by atoms with E-state index in [9.17, 15) is 26.3 Å². The van der Waals surface area contributed by atoms with E-state index < -0.39 is 23.5 Å². The van der Waals surface area contributed by atoms with E-state index in [0.29, 0.717) is 17.8 Å². The molecule has 2 N–H and O–H groups in total. The van der Waals surface area contributed by atoms with Crippen LogP contribution in [0.4, 0.5) is 26.3 Å². The van der Waals surface area contributed by atoms with Gasteiger partial charge in [-0.15, -0.1) is 0 Å². The van der Waals surface area contributed by atoms with Crippen LogP contribution in [-0.4, -0.2) is 16.7 Å². The van der Waals surface area contributed by atoms with Gasteiger partial charge in [0, 0.05) is 11.6 Å². The molecule has 1 aliphatic heterocycles. The molecular formula is C15H13F6N3. The van der Waals surface area contributed by atoms with Gasteiger partial charge in [-0.05, 0) is 43.7 Å². The van der Waals surface area contributed by atoms with E-state index in [1.807, 2.05) is 0 Å². The van der Waals surface area contributed by atoms with Gasteiger partial charge in [-0.3, -0.25) is 5.10 Å². The van der Waals surface area contributed by atoms with Crippen LogP contribution in [-0.2, 0) is 12.4 Å². The lowest BCUT2D eigenvalue weighted by molar-refractivity contribution is -0.143. The zero-order valence-corrected chi connectivity index (χ0v) is 12.2.